The van der Waals surface area contributed by atoms with Gasteiger partial charge in [0.2, 0.25) is 0 Å². The van der Waals surface area contributed by atoms with Crippen molar-refractivity contribution < 1.29 is 4.43 Å². The molecule has 0 bridgehead atoms. The van der Waals surface area contributed by atoms with E-state index in [0.29, 0.717) is 0 Å². The van der Waals surface area contributed by atoms with Crippen molar-refractivity contribution in [2.45, 2.75) is 61.8 Å². The Morgan fingerprint density at radius 2 is 1.81 bits per heavy atom. The third-order valence-electron chi connectivity index (χ3n) is 7.21. The molecule has 0 aliphatic carbocycles. The highest BCUT2D eigenvalue weighted by atomic mass is 32.2. The molecule has 1 aromatic carbocycles. The Kier molecular flexibility index (Phi) is 6.95. The molecule has 0 aliphatic rings. The average Bonchev–Trinajstić information content (AvgIpc) is 3.46. The Morgan fingerprint density at radius 3 is 2.57 bits per heavy atom. The molecule has 0 fully saturated rings. The first-order valence-electron chi connectivity index (χ1n) is 12.6. The lowest BCUT2D eigenvalue weighted by Gasteiger charge is -2.36. The summed E-state index contributed by atoms with van der Waals surface area (Å²) >= 11 is 1.61. The van der Waals surface area contributed by atoms with E-state index in [4.69, 9.17) is 9.41 Å². The molecule has 4 heterocycles. The molecule has 0 saturated carbocycles. The van der Waals surface area contributed by atoms with E-state index >= 15 is 0 Å². The lowest BCUT2D eigenvalue weighted by molar-refractivity contribution is 0.282. The molecule has 7 nitrogen and oxygen atoms in total. The van der Waals surface area contributed by atoms with Crippen LogP contribution in [-0.4, -0.2) is 44.3 Å². The van der Waals surface area contributed by atoms with Crippen molar-refractivity contribution in [2.75, 3.05) is 6.61 Å². The minimum absolute atomic E-state index is 0.238. The second-order valence-electron chi connectivity index (χ2n) is 11.0. The van der Waals surface area contributed by atoms with Gasteiger partial charge < -0.3 is 4.43 Å². The summed E-state index contributed by atoms with van der Waals surface area (Å²) < 4.78 is 10.2. The summed E-state index contributed by atoms with van der Waals surface area (Å²) in [6.07, 6.45) is 9.90. The van der Waals surface area contributed by atoms with Crippen molar-refractivity contribution in [3.8, 4) is 11.1 Å². The van der Waals surface area contributed by atoms with Crippen LogP contribution < -0.4 is 0 Å². The van der Waals surface area contributed by atoms with Crippen LogP contribution in [0.25, 0.3) is 27.7 Å². The molecule has 0 unspecified atom stereocenters. The fourth-order valence-corrected chi connectivity index (χ4v) is 5.91. The summed E-state index contributed by atoms with van der Waals surface area (Å²) in [6.45, 7) is 12.3. The quantitative estimate of drug-likeness (QED) is 0.163. The summed E-state index contributed by atoms with van der Waals surface area (Å²) in [5, 5.41) is 15.3. The third kappa shape index (κ3) is 5.63. The van der Waals surface area contributed by atoms with Crippen molar-refractivity contribution in [2.24, 2.45) is 7.05 Å². The molecule has 0 saturated heterocycles. The fourth-order valence-electron chi connectivity index (χ4n) is 3.96. The maximum Gasteiger partial charge on any atom is 0.200 e. The van der Waals surface area contributed by atoms with Gasteiger partial charge in [0.05, 0.1) is 11.7 Å². The van der Waals surface area contributed by atoms with Gasteiger partial charge in [0.1, 0.15) is 0 Å². The number of hydrogen-bond acceptors (Lipinski definition) is 6. The van der Waals surface area contributed by atoms with Crippen LogP contribution in [0.4, 0.5) is 0 Å². The highest BCUT2D eigenvalue weighted by Crippen LogP contribution is 2.36. The number of benzene rings is 1. The molecule has 9 heteroatoms. The van der Waals surface area contributed by atoms with Crippen molar-refractivity contribution in [1.29, 1.82) is 0 Å². The number of fused-ring (bicyclic) bond motifs is 2. The van der Waals surface area contributed by atoms with Gasteiger partial charge in [0.15, 0.2) is 19.1 Å². The van der Waals surface area contributed by atoms with E-state index < -0.39 is 8.32 Å². The van der Waals surface area contributed by atoms with Crippen LogP contribution in [-0.2, 0) is 17.9 Å². The van der Waals surface area contributed by atoms with E-state index in [1.807, 2.05) is 36.1 Å². The minimum Gasteiger partial charge on any atom is -0.417 e. The highest BCUT2D eigenvalue weighted by Gasteiger charge is 2.36. The average molecular weight is 531 g/mol. The molecule has 0 aliphatic heterocycles. The van der Waals surface area contributed by atoms with E-state index in [9.17, 15) is 0 Å². The first-order chi connectivity index (χ1) is 17.6. The van der Waals surface area contributed by atoms with Crippen LogP contribution in [0.15, 0.2) is 71.2 Å². The molecule has 192 valence electrons. The number of aromatic nitrogens is 6. The van der Waals surface area contributed by atoms with Crippen molar-refractivity contribution in [3.05, 3.63) is 66.7 Å². The molecule has 0 amide bonds. The van der Waals surface area contributed by atoms with Gasteiger partial charge in [-0.25, -0.2) is 0 Å². The van der Waals surface area contributed by atoms with Crippen molar-refractivity contribution in [1.82, 2.24) is 29.4 Å². The van der Waals surface area contributed by atoms with Crippen LogP contribution in [0.1, 0.15) is 32.8 Å². The van der Waals surface area contributed by atoms with Gasteiger partial charge in [-0.15, -0.1) is 10.2 Å². The lowest BCUT2D eigenvalue weighted by atomic mass is 10.1. The molecule has 0 radical (unpaired) electrons. The number of hydrogen-bond donors (Lipinski definition) is 0. The Bertz CT molecular complexity index is 1550. The van der Waals surface area contributed by atoms with Crippen LogP contribution in [0, 0.1) is 0 Å². The molecule has 5 aromatic rings. The standard InChI is InChI=1S/C28H34N6OSSi/c1-28(2,3)37(5,6)35-13-7-8-20-14-22-15-24(10-11-25(22)29-16-20)36-27-32-31-26-12-9-21(19-34(26)27)23-17-30-33(4)18-23/h9-12,14-19H,7-8,13H2,1-6H3. The Labute approximate surface area is 223 Å². The second kappa shape index (κ2) is 10.0. The monoisotopic (exact) mass is 530 g/mol. The first-order valence-corrected chi connectivity index (χ1v) is 16.4. The van der Waals surface area contributed by atoms with Crippen molar-refractivity contribution >= 4 is 36.6 Å². The zero-order valence-corrected chi connectivity index (χ0v) is 24.2. The predicted molar refractivity (Wildman–Crippen MR) is 153 cm³/mol. The molecule has 0 N–H and O–H groups in total. The van der Waals surface area contributed by atoms with Gasteiger partial charge in [0.25, 0.3) is 0 Å². The molecular weight excluding hydrogens is 497 g/mol. The topological polar surface area (TPSA) is 70.1 Å². The first kappa shape index (κ1) is 25.6. The van der Waals surface area contributed by atoms with Gasteiger partial charge in [-0.05, 0) is 84.7 Å². The van der Waals surface area contributed by atoms with Gasteiger partial charge in [0, 0.05) is 53.7 Å². The smallest absolute Gasteiger partial charge is 0.200 e. The van der Waals surface area contributed by atoms with Gasteiger partial charge in [-0.2, -0.15) is 5.10 Å². The van der Waals surface area contributed by atoms with E-state index in [2.05, 4.69) is 85.7 Å². The summed E-state index contributed by atoms with van der Waals surface area (Å²) in [5.74, 6) is 0. The summed E-state index contributed by atoms with van der Waals surface area (Å²) in [7, 11) is 0.219. The van der Waals surface area contributed by atoms with Crippen LogP contribution in [0.2, 0.25) is 18.1 Å². The summed E-state index contributed by atoms with van der Waals surface area (Å²) in [6, 6.07) is 12.7. The van der Waals surface area contributed by atoms with E-state index in [-0.39, 0.29) is 5.04 Å². The van der Waals surface area contributed by atoms with E-state index in [1.165, 1.54) is 5.56 Å². The zero-order chi connectivity index (χ0) is 26.2. The summed E-state index contributed by atoms with van der Waals surface area (Å²) in [4.78, 5) is 5.81. The Morgan fingerprint density at radius 1 is 0.973 bits per heavy atom. The van der Waals surface area contributed by atoms with Crippen LogP contribution in [0.3, 0.4) is 0 Å². The number of rotatable bonds is 8. The number of nitrogens with zero attached hydrogens (tertiary/aromatic N) is 6. The Balaban J connectivity index is 1.31. The largest absolute Gasteiger partial charge is 0.417 e. The number of aryl methyl sites for hydroxylation is 2. The zero-order valence-electron chi connectivity index (χ0n) is 22.4. The normalized spacial score (nSPS) is 12.6. The van der Waals surface area contributed by atoms with E-state index in [1.54, 1.807) is 16.4 Å². The molecule has 37 heavy (non-hydrogen) atoms. The predicted octanol–water partition coefficient (Wildman–Crippen LogP) is 6.78. The maximum absolute atomic E-state index is 6.35. The molecular formula is C28H34N6OSSi. The van der Waals surface area contributed by atoms with Gasteiger partial charge >= 0.3 is 0 Å². The number of pyridine rings is 2. The summed E-state index contributed by atoms with van der Waals surface area (Å²) in [5.41, 5.74) is 5.19. The van der Waals surface area contributed by atoms with Crippen LogP contribution >= 0.6 is 11.8 Å². The second-order valence-corrected chi connectivity index (χ2v) is 16.9. The fraction of sp³-hybridized carbons (Fsp3) is 0.357. The SMILES string of the molecule is Cn1cc(-c2ccc3nnc(Sc4ccc5ncc(CCCO[Si](C)(C)C(C)(C)C)cc5c4)n3c2)cn1. The lowest BCUT2D eigenvalue weighted by Crippen LogP contribution is -2.41. The van der Waals surface area contributed by atoms with Gasteiger partial charge in [-0.3, -0.25) is 14.1 Å². The Hall–Kier alpha value is -3.01. The maximum atomic E-state index is 6.35. The molecule has 0 atom stereocenters. The van der Waals surface area contributed by atoms with Crippen LogP contribution in [0.5, 0.6) is 0 Å². The van der Waals surface area contributed by atoms with E-state index in [0.717, 1.165) is 57.2 Å². The molecule has 5 rings (SSSR count). The third-order valence-corrected chi connectivity index (χ3v) is 12.7. The minimum atomic E-state index is -1.70. The highest BCUT2D eigenvalue weighted by molar-refractivity contribution is 7.99. The molecule has 0 spiro atoms. The van der Waals surface area contributed by atoms with Gasteiger partial charge in [-0.1, -0.05) is 20.8 Å². The molecule has 4 aromatic heterocycles. The van der Waals surface area contributed by atoms with Crippen molar-refractivity contribution in [3.63, 3.8) is 0 Å².